The van der Waals surface area contributed by atoms with Gasteiger partial charge in [0, 0.05) is 12.6 Å². The Balaban J connectivity index is 1.74. The molecule has 3 rings (SSSR count). The number of rotatable bonds is 1. The van der Waals surface area contributed by atoms with Crippen LogP contribution in [0.4, 0.5) is 0 Å². The molecular formula is C16H28N2O. The number of carbonyl (C=O) groups is 1. The molecule has 0 radical (unpaired) electrons. The first-order chi connectivity index (χ1) is 8.89. The summed E-state index contributed by atoms with van der Waals surface area (Å²) in [6, 6.07) is 0.588. The van der Waals surface area contributed by atoms with E-state index < -0.39 is 0 Å². The average Bonchev–Trinajstić information content (AvgIpc) is 2.59. The number of amides is 1. The zero-order chi connectivity index (χ0) is 13.7. The maximum absolute atomic E-state index is 12.8. The van der Waals surface area contributed by atoms with Gasteiger partial charge in [0.2, 0.25) is 5.91 Å². The summed E-state index contributed by atoms with van der Waals surface area (Å²) in [6.07, 6.45) is 7.11. The molecule has 0 aromatic carbocycles. The van der Waals surface area contributed by atoms with Gasteiger partial charge >= 0.3 is 0 Å². The van der Waals surface area contributed by atoms with Crippen LogP contribution in [0, 0.1) is 10.8 Å². The van der Waals surface area contributed by atoms with Crippen molar-refractivity contribution in [2.24, 2.45) is 10.8 Å². The maximum atomic E-state index is 12.8. The van der Waals surface area contributed by atoms with Crippen molar-refractivity contribution in [3.63, 3.8) is 0 Å². The van der Waals surface area contributed by atoms with Crippen molar-refractivity contribution in [1.29, 1.82) is 0 Å². The van der Waals surface area contributed by atoms with Gasteiger partial charge in [-0.1, -0.05) is 27.2 Å². The van der Waals surface area contributed by atoms with Crippen LogP contribution < -0.4 is 5.32 Å². The average molecular weight is 264 g/mol. The molecule has 3 fully saturated rings. The minimum absolute atomic E-state index is 0.0970. The van der Waals surface area contributed by atoms with E-state index in [1.54, 1.807) is 0 Å². The zero-order valence-corrected chi connectivity index (χ0v) is 12.7. The summed E-state index contributed by atoms with van der Waals surface area (Å²) in [5.41, 5.74) is 0.753. The molecule has 1 N–H and O–H groups in total. The van der Waals surface area contributed by atoms with Crippen LogP contribution in [0.5, 0.6) is 0 Å². The third-order valence-corrected chi connectivity index (χ3v) is 5.31. The SMILES string of the molecule is CC1(C)CC2CC(C)(CN2C(=O)[C@H]2CCCCN2)C1. The van der Waals surface area contributed by atoms with Gasteiger partial charge in [-0.25, -0.2) is 0 Å². The van der Waals surface area contributed by atoms with Gasteiger partial charge in [-0.3, -0.25) is 4.79 Å². The number of hydrogen-bond acceptors (Lipinski definition) is 2. The molecule has 3 aliphatic rings. The van der Waals surface area contributed by atoms with Gasteiger partial charge in [-0.15, -0.1) is 0 Å². The van der Waals surface area contributed by atoms with Crippen LogP contribution in [0.3, 0.4) is 0 Å². The van der Waals surface area contributed by atoms with Crippen LogP contribution in [0.2, 0.25) is 0 Å². The minimum Gasteiger partial charge on any atom is -0.338 e. The molecule has 0 spiro atoms. The Morgan fingerprint density at radius 1 is 1.21 bits per heavy atom. The normalized spacial score (nSPS) is 41.3. The van der Waals surface area contributed by atoms with Gasteiger partial charge < -0.3 is 10.2 Å². The highest BCUT2D eigenvalue weighted by atomic mass is 16.2. The van der Waals surface area contributed by atoms with Crippen molar-refractivity contribution in [3.05, 3.63) is 0 Å². The predicted octanol–water partition coefficient (Wildman–Crippen LogP) is 2.56. The smallest absolute Gasteiger partial charge is 0.239 e. The van der Waals surface area contributed by atoms with E-state index in [-0.39, 0.29) is 6.04 Å². The predicted molar refractivity (Wildman–Crippen MR) is 76.9 cm³/mol. The van der Waals surface area contributed by atoms with Crippen molar-refractivity contribution in [1.82, 2.24) is 10.2 Å². The van der Waals surface area contributed by atoms with Crippen LogP contribution in [0.25, 0.3) is 0 Å². The Morgan fingerprint density at radius 2 is 2.00 bits per heavy atom. The van der Waals surface area contributed by atoms with Gasteiger partial charge in [0.15, 0.2) is 0 Å². The van der Waals surface area contributed by atoms with E-state index in [1.807, 2.05) is 0 Å². The lowest BCUT2D eigenvalue weighted by Crippen LogP contribution is -2.50. The molecule has 2 saturated heterocycles. The van der Waals surface area contributed by atoms with Crippen LogP contribution >= 0.6 is 0 Å². The molecule has 1 saturated carbocycles. The fraction of sp³-hybridized carbons (Fsp3) is 0.938. The summed E-state index contributed by atoms with van der Waals surface area (Å²) in [5, 5.41) is 3.42. The standard InChI is InChI=1S/C16H28N2O/c1-15(2)8-12-9-16(3,10-15)11-18(12)14(19)13-6-4-5-7-17-13/h12-13,17H,4-11H2,1-3H3/t12?,13-,16?/m1/s1. The van der Waals surface area contributed by atoms with Crippen LogP contribution in [-0.2, 0) is 4.79 Å². The lowest BCUT2D eigenvalue weighted by atomic mass is 9.65. The van der Waals surface area contributed by atoms with Crippen LogP contribution in [0.1, 0.15) is 59.3 Å². The summed E-state index contributed by atoms with van der Waals surface area (Å²) in [4.78, 5) is 15.0. The third kappa shape index (κ3) is 2.54. The van der Waals surface area contributed by atoms with Crippen molar-refractivity contribution in [2.75, 3.05) is 13.1 Å². The molecule has 3 atom stereocenters. The van der Waals surface area contributed by atoms with E-state index >= 15 is 0 Å². The molecule has 1 amide bonds. The fourth-order valence-corrected chi connectivity index (χ4v) is 4.98. The summed E-state index contributed by atoms with van der Waals surface area (Å²) < 4.78 is 0. The minimum atomic E-state index is 0.0970. The van der Waals surface area contributed by atoms with E-state index in [0.717, 1.165) is 19.5 Å². The Labute approximate surface area is 117 Å². The highest BCUT2D eigenvalue weighted by Gasteiger charge is 2.51. The topological polar surface area (TPSA) is 32.3 Å². The number of hydrogen-bond donors (Lipinski definition) is 1. The van der Waals surface area contributed by atoms with E-state index in [9.17, 15) is 4.79 Å². The van der Waals surface area contributed by atoms with Gasteiger partial charge in [-0.05, 0) is 49.5 Å². The van der Waals surface area contributed by atoms with Gasteiger partial charge in [-0.2, -0.15) is 0 Å². The number of likely N-dealkylation sites (tertiary alicyclic amines) is 1. The van der Waals surface area contributed by atoms with Crippen LogP contribution in [0.15, 0.2) is 0 Å². The third-order valence-electron chi connectivity index (χ3n) is 5.31. The Morgan fingerprint density at radius 3 is 2.68 bits per heavy atom. The molecule has 3 nitrogen and oxygen atoms in total. The molecule has 2 bridgehead atoms. The number of carbonyl (C=O) groups excluding carboxylic acids is 1. The van der Waals surface area contributed by atoms with Gasteiger partial charge in [0.25, 0.3) is 0 Å². The molecule has 19 heavy (non-hydrogen) atoms. The van der Waals surface area contributed by atoms with E-state index in [1.165, 1.54) is 32.1 Å². The van der Waals surface area contributed by atoms with E-state index in [4.69, 9.17) is 0 Å². The highest BCUT2D eigenvalue weighted by molar-refractivity contribution is 5.82. The molecule has 2 unspecified atom stereocenters. The molecular weight excluding hydrogens is 236 g/mol. The lowest BCUT2D eigenvalue weighted by molar-refractivity contribution is -0.135. The number of nitrogens with one attached hydrogen (secondary N) is 1. The Hall–Kier alpha value is -0.570. The van der Waals surface area contributed by atoms with Crippen molar-refractivity contribution >= 4 is 5.91 Å². The largest absolute Gasteiger partial charge is 0.338 e. The first-order valence-corrected chi connectivity index (χ1v) is 7.93. The van der Waals surface area contributed by atoms with Crippen LogP contribution in [-0.4, -0.2) is 36.0 Å². The number of fused-ring (bicyclic) bond motifs is 2. The molecule has 2 aliphatic heterocycles. The Kier molecular flexibility index (Phi) is 3.16. The summed E-state index contributed by atoms with van der Waals surface area (Å²) in [5.74, 6) is 0.381. The summed E-state index contributed by atoms with van der Waals surface area (Å²) in [6.45, 7) is 9.10. The van der Waals surface area contributed by atoms with Crippen molar-refractivity contribution < 1.29 is 4.79 Å². The maximum Gasteiger partial charge on any atom is 0.239 e. The molecule has 1 aliphatic carbocycles. The first-order valence-electron chi connectivity index (χ1n) is 7.93. The highest BCUT2D eigenvalue weighted by Crippen LogP contribution is 2.52. The molecule has 2 heterocycles. The molecule has 0 aromatic rings. The Bertz CT molecular complexity index is 373. The first kappa shape index (κ1) is 13.4. The monoisotopic (exact) mass is 264 g/mol. The fourth-order valence-electron chi connectivity index (χ4n) is 4.98. The quantitative estimate of drug-likeness (QED) is 0.789. The second-order valence-electron chi connectivity index (χ2n) is 8.18. The van der Waals surface area contributed by atoms with E-state index in [2.05, 4.69) is 31.0 Å². The number of piperidine rings is 1. The zero-order valence-electron chi connectivity index (χ0n) is 12.7. The molecule has 108 valence electrons. The van der Waals surface area contributed by atoms with Crippen molar-refractivity contribution in [2.45, 2.75) is 71.4 Å². The lowest BCUT2D eigenvalue weighted by Gasteiger charge is -2.39. The molecule has 0 aromatic heterocycles. The van der Waals surface area contributed by atoms with Gasteiger partial charge in [0.1, 0.15) is 0 Å². The second-order valence-corrected chi connectivity index (χ2v) is 8.18. The number of nitrogens with zero attached hydrogens (tertiary/aromatic N) is 1. The van der Waals surface area contributed by atoms with E-state index in [0.29, 0.717) is 22.8 Å². The van der Waals surface area contributed by atoms with Gasteiger partial charge in [0.05, 0.1) is 6.04 Å². The van der Waals surface area contributed by atoms with Crippen molar-refractivity contribution in [3.8, 4) is 0 Å². The second kappa shape index (κ2) is 4.47. The molecule has 3 heteroatoms. The summed E-state index contributed by atoms with van der Waals surface area (Å²) >= 11 is 0. The summed E-state index contributed by atoms with van der Waals surface area (Å²) in [7, 11) is 0.